The van der Waals surface area contributed by atoms with Crippen LogP contribution < -0.4 is 30.3 Å². The Hall–Kier alpha value is -4.37. The number of nitrogens with zero attached hydrogens (tertiary/aromatic N) is 1. The molecule has 0 aliphatic carbocycles. The van der Waals surface area contributed by atoms with E-state index in [-0.39, 0.29) is 24.6 Å². The molecule has 4 N–H and O–H groups in total. The van der Waals surface area contributed by atoms with E-state index in [4.69, 9.17) is 18.9 Å². The Morgan fingerprint density at radius 2 is 1.91 bits per heavy atom. The molecule has 232 valence electrons. The van der Waals surface area contributed by atoms with Crippen molar-refractivity contribution in [3.63, 3.8) is 0 Å². The van der Waals surface area contributed by atoms with Crippen molar-refractivity contribution >= 4 is 40.8 Å². The van der Waals surface area contributed by atoms with Crippen molar-refractivity contribution in [1.82, 2.24) is 16.1 Å². The number of benzene rings is 3. The zero-order chi connectivity index (χ0) is 31.6. The van der Waals surface area contributed by atoms with Gasteiger partial charge in [-0.2, -0.15) is 5.10 Å². The summed E-state index contributed by atoms with van der Waals surface area (Å²) in [5, 5.41) is 19.8. The van der Waals surface area contributed by atoms with Gasteiger partial charge in [-0.05, 0) is 95.6 Å². The fourth-order valence-electron chi connectivity index (χ4n) is 4.32. The second-order valence-corrected chi connectivity index (χ2v) is 10.7. The SMILES string of the molecule is CCOc1cc([C@H]2NC(=O)NC(C)=C2C(=O)OC)ccc1OC[C@@H](O)N/N=C\c1ccc(OCc2cccc(F)c2)c(I)c1. The van der Waals surface area contributed by atoms with Gasteiger partial charge in [0, 0.05) is 5.70 Å². The fraction of sp³-hybridized carbons (Fsp3) is 0.258. The first-order valence-corrected chi connectivity index (χ1v) is 14.7. The molecule has 0 aromatic heterocycles. The number of rotatable bonds is 13. The zero-order valence-corrected chi connectivity index (χ0v) is 26.4. The Labute approximate surface area is 267 Å². The van der Waals surface area contributed by atoms with E-state index >= 15 is 0 Å². The van der Waals surface area contributed by atoms with Gasteiger partial charge < -0.3 is 34.7 Å². The number of carbonyl (C=O) groups excluding carboxylic acids is 2. The summed E-state index contributed by atoms with van der Waals surface area (Å²) in [6.07, 6.45) is 0.401. The monoisotopic (exact) mass is 718 g/mol. The van der Waals surface area contributed by atoms with Crippen LogP contribution in [-0.2, 0) is 16.1 Å². The van der Waals surface area contributed by atoms with Crippen LogP contribution in [0.25, 0.3) is 0 Å². The number of urea groups is 1. The Bertz CT molecular complexity index is 1570. The van der Waals surface area contributed by atoms with Crippen molar-refractivity contribution in [2.45, 2.75) is 32.7 Å². The molecule has 1 aliphatic rings. The number of hydrazone groups is 1. The van der Waals surface area contributed by atoms with E-state index < -0.39 is 24.3 Å². The lowest BCUT2D eigenvalue weighted by atomic mass is 9.95. The molecule has 0 bridgehead atoms. The van der Waals surface area contributed by atoms with Gasteiger partial charge in [0.2, 0.25) is 0 Å². The normalized spacial score (nSPS) is 15.3. The van der Waals surface area contributed by atoms with Crippen molar-refractivity contribution in [3.05, 3.63) is 98.0 Å². The predicted octanol–water partition coefficient (Wildman–Crippen LogP) is 4.53. The van der Waals surface area contributed by atoms with Gasteiger partial charge in [0.25, 0.3) is 0 Å². The Balaban J connectivity index is 1.34. The number of nitrogens with one attached hydrogen (secondary N) is 3. The number of methoxy groups -OCH3 is 1. The van der Waals surface area contributed by atoms with E-state index in [1.807, 2.05) is 13.0 Å². The van der Waals surface area contributed by atoms with Crippen molar-refractivity contribution in [2.24, 2.45) is 5.10 Å². The summed E-state index contributed by atoms with van der Waals surface area (Å²) in [5.74, 6) is 0.480. The van der Waals surface area contributed by atoms with Crippen LogP contribution in [0.2, 0.25) is 0 Å². The highest BCUT2D eigenvalue weighted by Gasteiger charge is 2.32. The molecular formula is C31H32FIN4O7. The second-order valence-electron chi connectivity index (χ2n) is 9.52. The number of esters is 1. The number of aliphatic hydroxyl groups excluding tert-OH is 1. The van der Waals surface area contributed by atoms with Crippen LogP contribution in [0.3, 0.4) is 0 Å². The summed E-state index contributed by atoms with van der Waals surface area (Å²) < 4.78 is 36.5. The number of ether oxygens (including phenoxy) is 4. The van der Waals surface area contributed by atoms with Crippen LogP contribution in [0, 0.1) is 9.39 Å². The minimum atomic E-state index is -1.14. The lowest BCUT2D eigenvalue weighted by Crippen LogP contribution is -2.45. The number of hydrogen-bond donors (Lipinski definition) is 4. The maximum Gasteiger partial charge on any atom is 0.337 e. The van der Waals surface area contributed by atoms with Crippen LogP contribution >= 0.6 is 22.6 Å². The lowest BCUT2D eigenvalue weighted by Gasteiger charge is -2.28. The van der Waals surface area contributed by atoms with Gasteiger partial charge in [-0.15, -0.1) is 0 Å². The van der Waals surface area contributed by atoms with E-state index in [1.165, 1.54) is 19.2 Å². The first-order valence-electron chi connectivity index (χ1n) is 13.6. The molecule has 1 heterocycles. The van der Waals surface area contributed by atoms with Crippen LogP contribution in [0.5, 0.6) is 17.2 Å². The van der Waals surface area contributed by atoms with Crippen LogP contribution in [0.1, 0.15) is 36.6 Å². The minimum Gasteiger partial charge on any atom is -0.490 e. The van der Waals surface area contributed by atoms with Crippen LogP contribution in [0.4, 0.5) is 9.18 Å². The highest BCUT2D eigenvalue weighted by molar-refractivity contribution is 14.1. The molecule has 0 unspecified atom stereocenters. The molecule has 0 radical (unpaired) electrons. The number of carbonyl (C=O) groups is 2. The third kappa shape index (κ3) is 8.60. The molecule has 0 saturated heterocycles. The van der Waals surface area contributed by atoms with E-state index in [0.29, 0.717) is 35.1 Å². The van der Waals surface area contributed by atoms with Gasteiger partial charge in [0.05, 0.1) is 35.1 Å². The number of hydrogen-bond acceptors (Lipinski definition) is 9. The number of allylic oxidation sites excluding steroid dienone is 1. The molecule has 3 aromatic rings. The van der Waals surface area contributed by atoms with Crippen molar-refractivity contribution in [2.75, 3.05) is 20.3 Å². The molecule has 11 nitrogen and oxygen atoms in total. The highest BCUT2D eigenvalue weighted by atomic mass is 127. The molecular weight excluding hydrogens is 686 g/mol. The van der Waals surface area contributed by atoms with Gasteiger partial charge >= 0.3 is 12.0 Å². The van der Waals surface area contributed by atoms with Crippen molar-refractivity contribution < 1.29 is 38.0 Å². The summed E-state index contributed by atoms with van der Waals surface area (Å²) in [4.78, 5) is 24.6. The van der Waals surface area contributed by atoms with Gasteiger partial charge in [0.15, 0.2) is 17.7 Å². The topological polar surface area (TPSA) is 140 Å². The molecule has 4 rings (SSSR count). The minimum absolute atomic E-state index is 0.155. The van der Waals surface area contributed by atoms with Crippen molar-refractivity contribution in [3.8, 4) is 17.2 Å². The summed E-state index contributed by atoms with van der Waals surface area (Å²) in [5.41, 5.74) is 5.34. The Morgan fingerprint density at radius 1 is 1.11 bits per heavy atom. The largest absolute Gasteiger partial charge is 0.490 e. The Morgan fingerprint density at radius 3 is 2.64 bits per heavy atom. The van der Waals surface area contributed by atoms with E-state index in [0.717, 1.165) is 14.7 Å². The quantitative estimate of drug-likeness (QED) is 0.0665. The molecule has 13 heteroatoms. The summed E-state index contributed by atoms with van der Waals surface area (Å²) in [7, 11) is 1.27. The third-order valence-electron chi connectivity index (χ3n) is 6.35. The molecule has 2 atom stereocenters. The van der Waals surface area contributed by atoms with E-state index in [2.05, 4.69) is 43.8 Å². The average Bonchev–Trinajstić information content (AvgIpc) is 2.99. The predicted molar refractivity (Wildman–Crippen MR) is 169 cm³/mol. The van der Waals surface area contributed by atoms with Crippen LogP contribution in [0.15, 0.2) is 77.0 Å². The molecule has 0 spiro atoms. The fourth-order valence-corrected chi connectivity index (χ4v) is 5.02. The molecule has 2 amide bonds. The average molecular weight is 719 g/mol. The molecule has 0 saturated carbocycles. The summed E-state index contributed by atoms with van der Waals surface area (Å²) in [6, 6.07) is 15.5. The summed E-state index contributed by atoms with van der Waals surface area (Å²) >= 11 is 2.14. The maximum atomic E-state index is 13.4. The van der Waals surface area contributed by atoms with Crippen molar-refractivity contribution in [1.29, 1.82) is 0 Å². The number of aliphatic hydroxyl groups is 1. The van der Waals surface area contributed by atoms with E-state index in [9.17, 15) is 19.1 Å². The van der Waals surface area contributed by atoms with Gasteiger partial charge in [-0.1, -0.05) is 18.2 Å². The summed E-state index contributed by atoms with van der Waals surface area (Å²) in [6.45, 7) is 3.84. The van der Waals surface area contributed by atoms with Gasteiger partial charge in [-0.3, -0.25) is 5.43 Å². The first-order chi connectivity index (χ1) is 21.2. The molecule has 0 fully saturated rings. The number of halogens is 2. The standard InChI is InChI=1S/C31H32FIN4O7/c1-4-42-26-14-21(29-28(30(39)41-3)18(2)35-31(40)36-29)9-11-25(26)44-17-27(38)37-34-15-19-8-10-24(23(33)13-19)43-16-20-6-5-7-22(32)12-20/h5-15,27,29,37-38H,4,16-17H2,1-3H3,(H2,35,36,40)/b34-15-/t27-,29-/m1/s1. The molecule has 1 aliphatic heterocycles. The maximum absolute atomic E-state index is 13.4. The smallest absolute Gasteiger partial charge is 0.337 e. The van der Waals surface area contributed by atoms with Crippen LogP contribution in [-0.4, -0.2) is 49.9 Å². The van der Waals surface area contributed by atoms with E-state index in [1.54, 1.807) is 55.6 Å². The third-order valence-corrected chi connectivity index (χ3v) is 7.19. The lowest BCUT2D eigenvalue weighted by molar-refractivity contribution is -0.136. The second kappa shape index (κ2) is 15.4. The highest BCUT2D eigenvalue weighted by Crippen LogP contribution is 2.35. The zero-order valence-electron chi connectivity index (χ0n) is 24.2. The number of amides is 2. The van der Waals surface area contributed by atoms with Gasteiger partial charge in [-0.25, -0.2) is 14.0 Å². The Kier molecular flexibility index (Phi) is 11.4. The molecule has 44 heavy (non-hydrogen) atoms. The van der Waals surface area contributed by atoms with Gasteiger partial charge in [0.1, 0.15) is 24.8 Å². The molecule has 3 aromatic carbocycles. The first kappa shape index (κ1) is 32.5.